The summed E-state index contributed by atoms with van der Waals surface area (Å²) < 4.78 is 33.4. The van der Waals surface area contributed by atoms with Gasteiger partial charge in [-0.3, -0.25) is 9.10 Å². The molecule has 0 saturated heterocycles. The fraction of sp³-hybridized carbons (Fsp3) is 0.136. The summed E-state index contributed by atoms with van der Waals surface area (Å²) in [6, 6.07) is 16.7. The van der Waals surface area contributed by atoms with E-state index in [-0.39, 0.29) is 33.1 Å². The Morgan fingerprint density at radius 3 is 2.65 bits per heavy atom. The monoisotopic (exact) mass is 534 g/mol. The molecule has 0 radical (unpaired) electrons. The predicted octanol–water partition coefficient (Wildman–Crippen LogP) is 5.40. The minimum absolute atomic E-state index is 0.0167. The Bertz CT molecular complexity index is 1380. The van der Waals surface area contributed by atoms with Crippen LogP contribution in [0.15, 0.2) is 80.6 Å². The van der Waals surface area contributed by atoms with Crippen molar-refractivity contribution in [2.75, 3.05) is 21.9 Å². The van der Waals surface area contributed by atoms with Gasteiger partial charge < -0.3 is 9.73 Å². The second-order valence-corrected chi connectivity index (χ2v) is 11.0. The number of hydrogen-bond acceptors (Lipinski definition) is 8. The van der Waals surface area contributed by atoms with Crippen molar-refractivity contribution in [3.05, 3.63) is 71.1 Å². The Morgan fingerprint density at radius 1 is 1.15 bits per heavy atom. The summed E-state index contributed by atoms with van der Waals surface area (Å²) in [4.78, 5) is 13.4. The largest absolute Gasteiger partial charge is 0.410 e. The second-order valence-electron chi connectivity index (χ2n) is 6.83. The molecule has 4 aromatic rings. The molecule has 2 aromatic carbocycles. The molecule has 1 N–H and O–H groups in total. The molecular weight excluding hydrogens is 516 g/mol. The zero-order valence-corrected chi connectivity index (χ0v) is 21.0. The lowest BCUT2D eigenvalue weighted by Crippen LogP contribution is -2.30. The lowest BCUT2D eigenvalue weighted by molar-refractivity contribution is -0.113. The number of nitrogens with one attached hydrogen (secondary N) is 1. The number of aromatic nitrogens is 2. The van der Waals surface area contributed by atoms with Crippen LogP contribution in [0, 0.1) is 0 Å². The standard InChI is InChI=1S/C22H19ClN4O4S3/c1-2-27(15-7-4-3-5-8-15)34(29,30)16-10-11-17(23)18(13-16)24-20(28)14-33-22-26-25-21(31-22)19-9-6-12-32-19/h3-13H,2,14H2,1H3,(H,24,28). The highest BCUT2D eigenvalue weighted by Gasteiger charge is 2.24. The van der Waals surface area contributed by atoms with Gasteiger partial charge >= 0.3 is 0 Å². The van der Waals surface area contributed by atoms with Gasteiger partial charge in [0.1, 0.15) is 0 Å². The van der Waals surface area contributed by atoms with Gasteiger partial charge in [0.25, 0.3) is 21.1 Å². The number of hydrogen-bond donors (Lipinski definition) is 1. The van der Waals surface area contributed by atoms with E-state index in [1.54, 1.807) is 31.2 Å². The van der Waals surface area contributed by atoms with E-state index in [4.69, 9.17) is 16.0 Å². The van der Waals surface area contributed by atoms with Gasteiger partial charge in [-0.25, -0.2) is 8.42 Å². The minimum atomic E-state index is -3.87. The first-order valence-electron chi connectivity index (χ1n) is 10.1. The van der Waals surface area contributed by atoms with Gasteiger partial charge in [0.2, 0.25) is 5.91 Å². The average Bonchev–Trinajstić information content (AvgIpc) is 3.52. The average molecular weight is 535 g/mol. The van der Waals surface area contributed by atoms with E-state index in [1.165, 1.54) is 33.8 Å². The van der Waals surface area contributed by atoms with Gasteiger partial charge in [-0.05, 0) is 48.7 Å². The summed E-state index contributed by atoms with van der Waals surface area (Å²) in [6.45, 7) is 1.99. The maximum atomic E-state index is 13.3. The van der Waals surface area contributed by atoms with Crippen molar-refractivity contribution in [1.29, 1.82) is 0 Å². The van der Waals surface area contributed by atoms with Crippen LogP contribution in [0.1, 0.15) is 6.92 Å². The van der Waals surface area contributed by atoms with Crippen molar-refractivity contribution in [3.63, 3.8) is 0 Å². The van der Waals surface area contributed by atoms with Crippen molar-refractivity contribution in [2.24, 2.45) is 0 Å². The van der Waals surface area contributed by atoms with Crippen LogP contribution in [-0.4, -0.2) is 36.8 Å². The first kappa shape index (κ1) is 24.3. The topological polar surface area (TPSA) is 105 Å². The van der Waals surface area contributed by atoms with E-state index >= 15 is 0 Å². The van der Waals surface area contributed by atoms with Crippen molar-refractivity contribution < 1.29 is 17.6 Å². The maximum Gasteiger partial charge on any atom is 0.277 e. The Labute approximate surface area is 210 Å². The number of carbonyl (C=O) groups excluding carboxylic acids is 1. The normalized spacial score (nSPS) is 11.4. The molecule has 2 aromatic heterocycles. The van der Waals surface area contributed by atoms with Crippen LogP contribution in [0.3, 0.4) is 0 Å². The van der Waals surface area contributed by atoms with E-state index < -0.39 is 15.9 Å². The number of halogens is 1. The number of thiophene rings is 1. The van der Waals surface area contributed by atoms with Crippen molar-refractivity contribution in [2.45, 2.75) is 17.0 Å². The number of anilines is 2. The number of thioether (sulfide) groups is 1. The third-order valence-corrected chi connectivity index (χ3v) is 8.50. The third-order valence-electron chi connectivity index (χ3n) is 4.60. The number of benzene rings is 2. The zero-order valence-electron chi connectivity index (χ0n) is 17.8. The Morgan fingerprint density at radius 2 is 1.94 bits per heavy atom. The number of carbonyl (C=O) groups is 1. The molecule has 12 heteroatoms. The van der Waals surface area contributed by atoms with Gasteiger partial charge in [0, 0.05) is 6.54 Å². The fourth-order valence-electron chi connectivity index (χ4n) is 3.05. The first-order chi connectivity index (χ1) is 16.4. The molecule has 0 saturated carbocycles. The molecule has 176 valence electrons. The number of sulfonamides is 1. The molecule has 0 unspecified atom stereocenters. The minimum Gasteiger partial charge on any atom is -0.410 e. The van der Waals surface area contributed by atoms with Crippen LogP contribution >= 0.6 is 34.7 Å². The van der Waals surface area contributed by atoms with Crippen LogP contribution in [0.25, 0.3) is 10.8 Å². The summed E-state index contributed by atoms with van der Waals surface area (Å²) in [5, 5.41) is 12.9. The lowest BCUT2D eigenvalue weighted by Gasteiger charge is -2.23. The molecule has 0 fully saturated rings. The van der Waals surface area contributed by atoms with E-state index in [2.05, 4.69) is 15.5 Å². The molecule has 34 heavy (non-hydrogen) atoms. The predicted molar refractivity (Wildman–Crippen MR) is 135 cm³/mol. The van der Waals surface area contributed by atoms with Crippen molar-refractivity contribution in [3.8, 4) is 10.8 Å². The van der Waals surface area contributed by atoms with E-state index in [1.807, 2.05) is 23.6 Å². The molecular formula is C22H19ClN4O4S3. The van der Waals surface area contributed by atoms with Crippen LogP contribution in [0.5, 0.6) is 0 Å². The van der Waals surface area contributed by atoms with Gasteiger partial charge in [0.15, 0.2) is 0 Å². The summed E-state index contributed by atoms with van der Waals surface area (Å²) >= 11 is 8.77. The number of rotatable bonds is 9. The fourth-order valence-corrected chi connectivity index (χ4v) is 5.93. The van der Waals surface area contributed by atoms with Gasteiger partial charge in [-0.2, -0.15) is 0 Å². The first-order valence-corrected chi connectivity index (χ1v) is 13.7. The molecule has 0 aliphatic heterocycles. The Kier molecular flexibility index (Phi) is 7.57. The number of nitrogens with zero attached hydrogens (tertiary/aromatic N) is 3. The highest BCUT2D eigenvalue weighted by atomic mass is 35.5. The molecule has 8 nitrogen and oxygen atoms in total. The maximum absolute atomic E-state index is 13.3. The van der Waals surface area contributed by atoms with Crippen LogP contribution in [0.4, 0.5) is 11.4 Å². The van der Waals surface area contributed by atoms with Crippen molar-refractivity contribution in [1.82, 2.24) is 10.2 Å². The second kappa shape index (κ2) is 10.6. The van der Waals surface area contributed by atoms with Crippen LogP contribution in [-0.2, 0) is 14.8 Å². The summed E-state index contributed by atoms with van der Waals surface area (Å²) in [5.41, 5.74) is 0.741. The third kappa shape index (κ3) is 5.44. The van der Waals surface area contributed by atoms with Gasteiger partial charge in [-0.15, -0.1) is 21.5 Å². The molecule has 0 spiro atoms. The molecule has 0 bridgehead atoms. The van der Waals surface area contributed by atoms with E-state index in [0.717, 1.165) is 16.6 Å². The van der Waals surface area contributed by atoms with Gasteiger partial charge in [-0.1, -0.05) is 47.6 Å². The number of para-hydroxylation sites is 1. The SMILES string of the molecule is CCN(c1ccccc1)S(=O)(=O)c1ccc(Cl)c(NC(=O)CSc2nnc(-c3cccs3)o2)c1. The lowest BCUT2D eigenvalue weighted by atomic mass is 10.3. The quantitative estimate of drug-likeness (QED) is 0.287. The van der Waals surface area contributed by atoms with Gasteiger partial charge in [0.05, 0.1) is 31.9 Å². The molecule has 0 aliphatic rings. The van der Waals surface area contributed by atoms with Crippen LogP contribution < -0.4 is 9.62 Å². The highest BCUT2D eigenvalue weighted by molar-refractivity contribution is 7.99. The summed E-state index contributed by atoms with van der Waals surface area (Å²) in [5.74, 6) is -0.0321. The Balaban J connectivity index is 1.46. The Hall–Kier alpha value is -2.86. The smallest absolute Gasteiger partial charge is 0.277 e. The van der Waals surface area contributed by atoms with E-state index in [9.17, 15) is 13.2 Å². The molecule has 4 rings (SSSR count). The summed E-state index contributed by atoms with van der Waals surface area (Å²) in [6.07, 6.45) is 0. The molecule has 2 heterocycles. The van der Waals surface area contributed by atoms with Crippen LogP contribution in [0.2, 0.25) is 5.02 Å². The molecule has 0 atom stereocenters. The number of amides is 1. The van der Waals surface area contributed by atoms with E-state index in [0.29, 0.717) is 11.6 Å². The molecule has 0 aliphatic carbocycles. The van der Waals surface area contributed by atoms with Crippen molar-refractivity contribution >= 4 is 62.0 Å². The summed E-state index contributed by atoms with van der Waals surface area (Å²) in [7, 11) is -3.87. The highest BCUT2D eigenvalue weighted by Crippen LogP contribution is 2.30. The zero-order chi connectivity index (χ0) is 24.1. The molecule has 1 amide bonds.